The number of benzene rings is 1. The van der Waals surface area contributed by atoms with Gasteiger partial charge in [-0.3, -0.25) is 4.79 Å². The molecular weight excluding hydrogens is 347 g/mol. The summed E-state index contributed by atoms with van der Waals surface area (Å²) >= 11 is 0. The molecule has 0 aliphatic carbocycles. The van der Waals surface area contributed by atoms with Crippen molar-refractivity contribution in [3.05, 3.63) is 48.5 Å². The maximum absolute atomic E-state index is 12.1. The largest absolute Gasteiger partial charge is 0.350 e. The van der Waals surface area contributed by atoms with Gasteiger partial charge in [0, 0.05) is 30.5 Å². The number of rotatable bonds is 5. The van der Waals surface area contributed by atoms with Crippen LogP contribution in [0.1, 0.15) is 37.8 Å². The molecule has 2 heterocycles. The Morgan fingerprint density at radius 3 is 2.96 bits per heavy atom. The number of aromatic nitrogens is 2. The second kappa shape index (κ2) is 9.67. The monoisotopic (exact) mass is 370 g/mol. The van der Waals surface area contributed by atoms with Crippen LogP contribution in [0.2, 0.25) is 0 Å². The van der Waals surface area contributed by atoms with Gasteiger partial charge in [0.25, 0.3) is 0 Å². The third-order valence-corrected chi connectivity index (χ3v) is 4.14. The van der Waals surface area contributed by atoms with Gasteiger partial charge < -0.3 is 15.2 Å². The molecule has 2 N–H and O–H groups in total. The molecule has 5 nitrogen and oxygen atoms in total. The summed E-state index contributed by atoms with van der Waals surface area (Å²) in [6.07, 6.45) is 8.26. The normalized spacial score (nSPS) is 17.5. The standard InChI is InChI=1S/C17H22N4O.2ClH/c1-13(20-17(22)11-15-5-3-7-19-15)14-4-2-6-16(10-14)21-9-8-18-12-21;;/h2,4,6,8-10,12-13,15,19H,3,5,7,11H2,1H3,(H,20,22);2*1H. The molecule has 0 bridgehead atoms. The Morgan fingerprint density at radius 1 is 1.46 bits per heavy atom. The first-order chi connectivity index (χ1) is 10.7. The average Bonchev–Trinajstić information content (AvgIpc) is 3.20. The fourth-order valence-electron chi connectivity index (χ4n) is 2.91. The molecule has 1 aliphatic heterocycles. The van der Waals surface area contributed by atoms with Crippen LogP contribution in [0.25, 0.3) is 5.69 Å². The van der Waals surface area contributed by atoms with E-state index >= 15 is 0 Å². The maximum Gasteiger partial charge on any atom is 0.222 e. The minimum Gasteiger partial charge on any atom is -0.350 e. The number of amides is 1. The van der Waals surface area contributed by atoms with Crippen LogP contribution in [0, 0.1) is 0 Å². The molecule has 7 heteroatoms. The van der Waals surface area contributed by atoms with Crippen LogP contribution >= 0.6 is 24.8 Å². The zero-order valence-electron chi connectivity index (χ0n) is 13.6. The van der Waals surface area contributed by atoms with E-state index < -0.39 is 0 Å². The molecule has 1 saturated heterocycles. The fourth-order valence-corrected chi connectivity index (χ4v) is 2.91. The summed E-state index contributed by atoms with van der Waals surface area (Å²) in [6.45, 7) is 3.05. The maximum atomic E-state index is 12.1. The lowest BCUT2D eigenvalue weighted by atomic mass is 10.1. The molecule has 0 spiro atoms. The number of nitrogens with zero attached hydrogens (tertiary/aromatic N) is 2. The van der Waals surface area contributed by atoms with Crippen LogP contribution in [0.3, 0.4) is 0 Å². The second-order valence-corrected chi connectivity index (χ2v) is 5.85. The van der Waals surface area contributed by atoms with Crippen molar-refractivity contribution >= 4 is 30.7 Å². The van der Waals surface area contributed by atoms with Gasteiger partial charge in [-0.25, -0.2) is 4.98 Å². The highest BCUT2D eigenvalue weighted by Gasteiger charge is 2.19. The van der Waals surface area contributed by atoms with E-state index in [1.165, 1.54) is 6.42 Å². The highest BCUT2D eigenvalue weighted by Crippen LogP contribution is 2.17. The number of carbonyl (C=O) groups excluding carboxylic acids is 1. The molecular formula is C17H24Cl2N4O. The summed E-state index contributed by atoms with van der Waals surface area (Å²) in [5.41, 5.74) is 2.15. The molecule has 1 fully saturated rings. The number of halogens is 2. The Hall–Kier alpha value is -1.56. The lowest BCUT2D eigenvalue weighted by molar-refractivity contribution is -0.122. The van der Waals surface area contributed by atoms with Crippen molar-refractivity contribution in [2.24, 2.45) is 0 Å². The number of imidazole rings is 1. The summed E-state index contributed by atoms with van der Waals surface area (Å²) in [7, 11) is 0. The molecule has 2 aromatic rings. The summed E-state index contributed by atoms with van der Waals surface area (Å²) < 4.78 is 1.96. The fraction of sp³-hybridized carbons (Fsp3) is 0.412. The third kappa shape index (κ3) is 5.23. The predicted octanol–water partition coefficient (Wildman–Crippen LogP) is 3.04. The quantitative estimate of drug-likeness (QED) is 0.850. The van der Waals surface area contributed by atoms with Crippen LogP contribution in [0.5, 0.6) is 0 Å². The lowest BCUT2D eigenvalue weighted by Gasteiger charge is -2.17. The van der Waals surface area contributed by atoms with Gasteiger partial charge in [0.05, 0.1) is 12.4 Å². The van der Waals surface area contributed by atoms with Gasteiger partial charge in [0.2, 0.25) is 5.91 Å². The smallest absolute Gasteiger partial charge is 0.222 e. The first-order valence-electron chi connectivity index (χ1n) is 7.83. The highest BCUT2D eigenvalue weighted by molar-refractivity contribution is 5.85. The van der Waals surface area contributed by atoms with Gasteiger partial charge in [-0.1, -0.05) is 12.1 Å². The Bertz CT molecular complexity index is 627. The van der Waals surface area contributed by atoms with Crippen molar-refractivity contribution in [2.45, 2.75) is 38.3 Å². The van der Waals surface area contributed by atoms with Gasteiger partial charge in [-0.2, -0.15) is 0 Å². The number of nitrogens with one attached hydrogen (secondary N) is 2. The molecule has 1 aromatic heterocycles. The van der Waals surface area contributed by atoms with Crippen molar-refractivity contribution in [1.29, 1.82) is 0 Å². The number of carbonyl (C=O) groups is 1. The van der Waals surface area contributed by atoms with Crippen molar-refractivity contribution in [3.8, 4) is 5.69 Å². The molecule has 132 valence electrons. The van der Waals surface area contributed by atoms with E-state index in [4.69, 9.17) is 0 Å². The molecule has 1 aliphatic rings. The van der Waals surface area contributed by atoms with Crippen molar-refractivity contribution in [3.63, 3.8) is 0 Å². The Labute approximate surface area is 155 Å². The van der Waals surface area contributed by atoms with E-state index in [0.717, 1.165) is 24.2 Å². The lowest BCUT2D eigenvalue weighted by Crippen LogP contribution is -2.33. The molecule has 24 heavy (non-hydrogen) atoms. The van der Waals surface area contributed by atoms with Gasteiger partial charge in [0.1, 0.15) is 0 Å². The van der Waals surface area contributed by atoms with Crippen LogP contribution < -0.4 is 10.6 Å². The Balaban J connectivity index is 0.00000144. The molecule has 3 rings (SSSR count). The average molecular weight is 371 g/mol. The van der Waals surface area contributed by atoms with Gasteiger partial charge in [-0.15, -0.1) is 24.8 Å². The summed E-state index contributed by atoms with van der Waals surface area (Å²) in [5.74, 6) is 0.111. The van der Waals surface area contributed by atoms with Crippen LogP contribution in [0.4, 0.5) is 0 Å². The van der Waals surface area contributed by atoms with E-state index in [2.05, 4.69) is 21.7 Å². The van der Waals surface area contributed by atoms with E-state index in [-0.39, 0.29) is 36.8 Å². The van der Waals surface area contributed by atoms with Crippen LogP contribution in [-0.2, 0) is 4.79 Å². The van der Waals surface area contributed by atoms with Crippen LogP contribution in [0.15, 0.2) is 43.0 Å². The summed E-state index contributed by atoms with van der Waals surface area (Å²) in [6, 6.07) is 8.50. The topological polar surface area (TPSA) is 59.0 Å². The molecule has 2 atom stereocenters. The summed E-state index contributed by atoms with van der Waals surface area (Å²) in [4.78, 5) is 16.2. The van der Waals surface area contributed by atoms with Crippen molar-refractivity contribution < 1.29 is 4.79 Å². The molecule has 2 unspecified atom stereocenters. The first-order valence-corrected chi connectivity index (χ1v) is 7.83. The molecule has 0 radical (unpaired) electrons. The minimum atomic E-state index is -0.00243. The van der Waals surface area contributed by atoms with E-state index in [0.29, 0.717) is 12.5 Å². The number of hydrogen-bond acceptors (Lipinski definition) is 3. The van der Waals surface area contributed by atoms with Crippen LogP contribution in [-0.4, -0.2) is 28.0 Å². The molecule has 1 aromatic carbocycles. The summed E-state index contributed by atoms with van der Waals surface area (Å²) in [5, 5.41) is 6.45. The van der Waals surface area contributed by atoms with E-state index in [1.54, 1.807) is 12.5 Å². The van der Waals surface area contributed by atoms with E-state index in [9.17, 15) is 4.79 Å². The minimum absolute atomic E-state index is 0. The Morgan fingerprint density at radius 2 is 2.29 bits per heavy atom. The van der Waals surface area contributed by atoms with Gasteiger partial charge in [0.15, 0.2) is 0 Å². The predicted molar refractivity (Wildman–Crippen MR) is 100 cm³/mol. The second-order valence-electron chi connectivity index (χ2n) is 5.85. The highest BCUT2D eigenvalue weighted by atomic mass is 35.5. The number of hydrogen-bond donors (Lipinski definition) is 2. The zero-order valence-corrected chi connectivity index (χ0v) is 15.3. The van der Waals surface area contributed by atoms with E-state index in [1.807, 2.05) is 35.9 Å². The molecule has 0 saturated carbocycles. The van der Waals surface area contributed by atoms with Gasteiger partial charge in [-0.05, 0) is 44.0 Å². The molecule has 1 amide bonds. The first kappa shape index (κ1) is 20.5. The SMILES string of the molecule is CC(NC(=O)CC1CCCN1)c1cccc(-n2ccnc2)c1.Cl.Cl. The van der Waals surface area contributed by atoms with Gasteiger partial charge >= 0.3 is 0 Å². The zero-order chi connectivity index (χ0) is 15.4. The van der Waals surface area contributed by atoms with Crippen molar-refractivity contribution in [2.75, 3.05) is 6.54 Å². The Kier molecular flexibility index (Phi) is 8.25. The van der Waals surface area contributed by atoms with Crippen molar-refractivity contribution in [1.82, 2.24) is 20.2 Å². The third-order valence-electron chi connectivity index (χ3n) is 4.14.